The first kappa shape index (κ1) is 30.2. The second-order valence-corrected chi connectivity index (χ2v) is 13.4. The Bertz CT molecular complexity index is 1900. The number of rotatable bonds is 9. The lowest BCUT2D eigenvalue weighted by molar-refractivity contribution is -0.151. The molecular weight excluding hydrogens is 563 g/mol. The van der Waals surface area contributed by atoms with Gasteiger partial charge in [0.15, 0.2) is 0 Å². The maximum absolute atomic E-state index is 13.3. The van der Waals surface area contributed by atoms with E-state index in [9.17, 15) is 4.79 Å². The van der Waals surface area contributed by atoms with Crippen molar-refractivity contribution < 1.29 is 9.53 Å². The fourth-order valence-electron chi connectivity index (χ4n) is 8.08. The molecular formula is C41H43BN2O2. The topological polar surface area (TPSA) is 41.6 Å². The van der Waals surface area contributed by atoms with Gasteiger partial charge in [0.2, 0.25) is 0 Å². The molecule has 1 aliphatic heterocycles. The second-order valence-electron chi connectivity index (χ2n) is 13.4. The van der Waals surface area contributed by atoms with Gasteiger partial charge >= 0.3 is 13.0 Å². The summed E-state index contributed by atoms with van der Waals surface area (Å²) in [5, 5.41) is 6.60. The van der Waals surface area contributed by atoms with Crippen LogP contribution in [0, 0.1) is 12.3 Å². The average molecular weight is 607 g/mol. The number of carbonyl (C=O) groups is 1. The summed E-state index contributed by atoms with van der Waals surface area (Å²) in [7, 11) is 1.52. The molecule has 0 saturated carbocycles. The molecule has 5 heteroatoms. The first-order valence-electron chi connectivity index (χ1n) is 16.8. The van der Waals surface area contributed by atoms with E-state index in [1.807, 2.05) is 0 Å². The summed E-state index contributed by atoms with van der Waals surface area (Å²) in [6.45, 7) is 7.32. The lowest BCUT2D eigenvalue weighted by Gasteiger charge is -2.40. The van der Waals surface area contributed by atoms with Gasteiger partial charge in [0, 0.05) is 23.3 Å². The van der Waals surface area contributed by atoms with Crippen molar-refractivity contribution in [3.05, 3.63) is 125 Å². The smallest absolute Gasteiger partial charge is 0.409 e. The summed E-state index contributed by atoms with van der Waals surface area (Å²) in [5.41, 5.74) is 12.3. The zero-order valence-electron chi connectivity index (χ0n) is 27.5. The normalized spacial score (nSPS) is 16.8. The number of hydrogen-bond donors (Lipinski definition) is 1. The second kappa shape index (κ2) is 12.4. The summed E-state index contributed by atoms with van der Waals surface area (Å²) in [5.74, 6) is -0.127. The van der Waals surface area contributed by atoms with Crippen molar-refractivity contribution in [3.63, 3.8) is 0 Å². The van der Waals surface area contributed by atoms with Crippen LogP contribution in [0.5, 0.6) is 0 Å². The monoisotopic (exact) mass is 606 g/mol. The van der Waals surface area contributed by atoms with Crippen LogP contribution in [0.25, 0.3) is 21.9 Å². The first-order valence-corrected chi connectivity index (χ1v) is 16.8. The number of nitrogens with zero attached hydrogens (tertiary/aromatic N) is 1. The largest absolute Gasteiger partial charge is 0.469 e. The molecule has 5 aromatic rings. The Labute approximate surface area is 273 Å². The highest BCUT2D eigenvalue weighted by molar-refractivity contribution is 6.82. The molecule has 5 aromatic carbocycles. The Kier molecular flexibility index (Phi) is 8.10. The first-order chi connectivity index (χ1) is 22.4. The van der Waals surface area contributed by atoms with Crippen molar-refractivity contribution in [2.24, 2.45) is 5.41 Å². The van der Waals surface area contributed by atoms with Crippen LogP contribution in [-0.2, 0) is 35.3 Å². The lowest BCUT2D eigenvalue weighted by Crippen LogP contribution is -2.58. The molecule has 1 heterocycles. The third-order valence-electron chi connectivity index (χ3n) is 10.3. The highest BCUT2D eigenvalue weighted by Gasteiger charge is 2.46. The van der Waals surface area contributed by atoms with Gasteiger partial charge in [-0.3, -0.25) is 4.79 Å². The molecule has 0 bridgehead atoms. The molecule has 1 N–H and O–H groups in total. The molecule has 0 fully saturated rings. The number of anilines is 2. The third kappa shape index (κ3) is 5.16. The van der Waals surface area contributed by atoms with Crippen molar-refractivity contribution in [2.45, 2.75) is 65.8 Å². The number of benzene rings is 5. The van der Waals surface area contributed by atoms with Crippen molar-refractivity contribution >= 4 is 40.6 Å². The number of nitrogens with one attached hydrogen (secondary N) is 1. The predicted molar refractivity (Wildman–Crippen MR) is 193 cm³/mol. The number of hydrogen-bond acceptors (Lipinski definition) is 4. The highest BCUT2D eigenvalue weighted by Crippen LogP contribution is 2.46. The van der Waals surface area contributed by atoms with Gasteiger partial charge in [0.25, 0.3) is 0 Å². The van der Waals surface area contributed by atoms with Crippen LogP contribution in [0.4, 0.5) is 11.4 Å². The van der Waals surface area contributed by atoms with Gasteiger partial charge in [-0.05, 0) is 101 Å². The SMILES string of the molecule is CCCCCc1c(C)c2c(c(-c3ccccc3)c1B1Nc3cccc4cccc(c34)N1Cc1ccccc1)CC(C)(C(=O)OC)C2. The summed E-state index contributed by atoms with van der Waals surface area (Å²) in [6, 6.07) is 35.0. The molecule has 0 radical (unpaired) electrons. The van der Waals surface area contributed by atoms with Crippen LogP contribution >= 0.6 is 0 Å². The minimum absolute atomic E-state index is 0.110. The standard InChI is InChI=1S/C41H43BN2O2/c1-5-6-9-22-32-28(2)33-25-41(3,40(45)46-4)26-34(33)37(30-18-12-8-13-19-30)39(32)42-43-35-23-14-20-31-21-15-24-36(38(31)35)44(42)27-29-16-10-7-11-17-29/h7-8,10-21,23-24,43H,5-6,9,22,25-27H2,1-4H3. The van der Waals surface area contributed by atoms with E-state index in [0.717, 1.165) is 19.4 Å². The summed E-state index contributed by atoms with van der Waals surface area (Å²) in [6.07, 6.45) is 5.85. The van der Waals surface area contributed by atoms with Crippen molar-refractivity contribution in [1.29, 1.82) is 0 Å². The Balaban J connectivity index is 1.52. The summed E-state index contributed by atoms with van der Waals surface area (Å²) < 4.78 is 5.41. The Morgan fingerprint density at radius 1 is 0.891 bits per heavy atom. The highest BCUT2D eigenvalue weighted by atomic mass is 16.5. The number of carbonyl (C=O) groups excluding carboxylic acids is 1. The number of unbranched alkanes of at least 4 members (excludes halogenated alkanes) is 2. The minimum atomic E-state index is -0.591. The van der Waals surface area contributed by atoms with Gasteiger partial charge in [-0.25, -0.2) is 0 Å². The molecule has 0 spiro atoms. The fraction of sp³-hybridized carbons (Fsp3) is 0.293. The van der Waals surface area contributed by atoms with Gasteiger partial charge < -0.3 is 14.8 Å². The van der Waals surface area contributed by atoms with Gasteiger partial charge in [-0.2, -0.15) is 0 Å². The predicted octanol–water partition coefficient (Wildman–Crippen LogP) is 8.65. The molecule has 0 amide bonds. The van der Waals surface area contributed by atoms with E-state index < -0.39 is 5.41 Å². The van der Waals surface area contributed by atoms with E-state index in [1.54, 1.807) is 0 Å². The van der Waals surface area contributed by atoms with Gasteiger partial charge in [-0.15, -0.1) is 0 Å². The van der Waals surface area contributed by atoms with Crippen LogP contribution in [-0.4, -0.2) is 20.1 Å². The molecule has 232 valence electrons. The van der Waals surface area contributed by atoms with E-state index in [4.69, 9.17) is 4.74 Å². The number of esters is 1. The zero-order chi connectivity index (χ0) is 31.8. The molecule has 0 saturated heterocycles. The molecule has 0 aromatic heterocycles. The Hall–Kier alpha value is -4.51. The van der Waals surface area contributed by atoms with Crippen LogP contribution < -0.4 is 15.5 Å². The minimum Gasteiger partial charge on any atom is -0.469 e. The molecule has 2 aliphatic rings. The quantitative estimate of drug-likeness (QED) is 0.104. The van der Waals surface area contributed by atoms with E-state index in [0.29, 0.717) is 12.8 Å². The van der Waals surface area contributed by atoms with E-state index in [1.165, 1.54) is 86.5 Å². The maximum Gasteiger partial charge on any atom is 0.409 e. The zero-order valence-corrected chi connectivity index (χ0v) is 27.5. The molecule has 7 rings (SSSR count). The van der Waals surface area contributed by atoms with E-state index in [2.05, 4.69) is 128 Å². The lowest BCUT2D eigenvalue weighted by atomic mass is 9.57. The molecule has 1 aliphatic carbocycles. The van der Waals surface area contributed by atoms with E-state index >= 15 is 0 Å². The van der Waals surface area contributed by atoms with Crippen LogP contribution in [0.2, 0.25) is 0 Å². The molecule has 1 unspecified atom stereocenters. The average Bonchev–Trinajstić information content (AvgIpc) is 3.46. The molecule has 4 nitrogen and oxygen atoms in total. The van der Waals surface area contributed by atoms with Gasteiger partial charge in [0.05, 0.1) is 12.5 Å². The van der Waals surface area contributed by atoms with Crippen LogP contribution in [0.1, 0.15) is 60.9 Å². The van der Waals surface area contributed by atoms with Gasteiger partial charge in [-0.1, -0.05) is 105 Å². The Morgan fingerprint density at radius 3 is 2.30 bits per heavy atom. The Morgan fingerprint density at radius 2 is 1.59 bits per heavy atom. The maximum atomic E-state index is 13.3. The van der Waals surface area contributed by atoms with Crippen molar-refractivity contribution in [2.75, 3.05) is 17.1 Å². The number of ether oxygens (including phenoxy) is 1. The third-order valence-corrected chi connectivity index (χ3v) is 10.3. The van der Waals surface area contributed by atoms with Crippen molar-refractivity contribution in [3.8, 4) is 11.1 Å². The summed E-state index contributed by atoms with van der Waals surface area (Å²) >= 11 is 0. The van der Waals surface area contributed by atoms with Gasteiger partial charge in [0.1, 0.15) is 0 Å². The van der Waals surface area contributed by atoms with Crippen LogP contribution in [0.3, 0.4) is 0 Å². The number of methoxy groups -OCH3 is 1. The molecule has 46 heavy (non-hydrogen) atoms. The van der Waals surface area contributed by atoms with E-state index in [-0.39, 0.29) is 13.0 Å². The summed E-state index contributed by atoms with van der Waals surface area (Å²) in [4.78, 5) is 15.9. The van der Waals surface area contributed by atoms with Crippen molar-refractivity contribution in [1.82, 2.24) is 0 Å². The fourth-order valence-corrected chi connectivity index (χ4v) is 8.08. The molecule has 1 atom stereocenters. The number of fused-ring (bicyclic) bond motifs is 1. The van der Waals surface area contributed by atoms with Crippen LogP contribution in [0.15, 0.2) is 97.1 Å².